The Morgan fingerprint density at radius 2 is 1.71 bits per heavy atom. The molecule has 2 rings (SSSR count). The van der Waals surface area contributed by atoms with Crippen molar-refractivity contribution >= 4 is 33.3 Å². The minimum Gasteiger partial charge on any atom is -0.293 e. The first-order chi connectivity index (χ1) is 11.2. The predicted octanol–water partition coefficient (Wildman–Crippen LogP) is 4.04. The Morgan fingerprint density at radius 3 is 2.29 bits per heavy atom. The second-order valence-corrected chi connectivity index (χ2v) is 8.98. The van der Waals surface area contributed by atoms with Gasteiger partial charge in [-0.15, -0.1) is 11.8 Å². The maximum atomic E-state index is 12.6. The summed E-state index contributed by atoms with van der Waals surface area (Å²) in [6, 6.07) is 12.7. The number of carbonyl (C=O) groups is 1. The van der Waals surface area contributed by atoms with Crippen molar-refractivity contribution in [3.05, 3.63) is 59.2 Å². The molecule has 0 saturated heterocycles. The molecule has 0 saturated carbocycles. The van der Waals surface area contributed by atoms with Crippen molar-refractivity contribution in [3.63, 3.8) is 0 Å². The van der Waals surface area contributed by atoms with Gasteiger partial charge in [0.2, 0.25) is 10.0 Å². The van der Waals surface area contributed by atoms with Crippen molar-refractivity contribution in [2.24, 2.45) is 0 Å². The van der Waals surface area contributed by atoms with Crippen LogP contribution in [0.4, 0.5) is 5.69 Å². The highest BCUT2D eigenvalue weighted by atomic mass is 32.2. The minimum atomic E-state index is -3.32. The lowest BCUT2D eigenvalue weighted by atomic mass is 10.1. The van der Waals surface area contributed by atoms with E-state index in [-0.39, 0.29) is 11.0 Å². The Hall–Kier alpha value is -1.79. The molecule has 0 aromatic heterocycles. The predicted molar refractivity (Wildman–Crippen MR) is 100 cm³/mol. The summed E-state index contributed by atoms with van der Waals surface area (Å²) in [5, 5.41) is -0.223. The quantitative estimate of drug-likeness (QED) is 0.621. The van der Waals surface area contributed by atoms with E-state index in [1.165, 1.54) is 5.56 Å². The highest BCUT2D eigenvalue weighted by molar-refractivity contribution is 8.00. The highest BCUT2D eigenvalue weighted by Gasteiger charge is 2.17. The summed E-state index contributed by atoms with van der Waals surface area (Å²) in [6.45, 7) is 5.95. The first-order valence-electron chi connectivity index (χ1n) is 7.52. The molecule has 6 heteroatoms. The second kappa shape index (κ2) is 7.40. The molecule has 2 aromatic carbocycles. The van der Waals surface area contributed by atoms with Crippen LogP contribution in [0.15, 0.2) is 47.4 Å². The van der Waals surface area contributed by atoms with Gasteiger partial charge < -0.3 is 0 Å². The van der Waals surface area contributed by atoms with Crippen molar-refractivity contribution in [2.75, 3.05) is 11.0 Å². The smallest absolute Gasteiger partial charge is 0.229 e. The monoisotopic (exact) mass is 363 g/mol. The van der Waals surface area contributed by atoms with E-state index in [0.717, 1.165) is 16.7 Å². The third-order valence-electron chi connectivity index (χ3n) is 3.49. The number of hydrogen-bond donors (Lipinski definition) is 1. The van der Waals surface area contributed by atoms with Crippen LogP contribution in [0, 0.1) is 13.8 Å². The topological polar surface area (TPSA) is 63.2 Å². The number of nitrogens with one attached hydrogen (secondary N) is 1. The van der Waals surface area contributed by atoms with Crippen LogP contribution in [-0.2, 0) is 10.0 Å². The normalized spacial score (nSPS) is 12.7. The molecule has 0 bridgehead atoms. The molecule has 0 aliphatic heterocycles. The van der Waals surface area contributed by atoms with E-state index in [1.807, 2.05) is 20.8 Å². The number of hydrogen-bond acceptors (Lipinski definition) is 4. The van der Waals surface area contributed by atoms with Gasteiger partial charge in [0.1, 0.15) is 0 Å². The molecule has 0 heterocycles. The number of carbonyl (C=O) groups excluding carboxylic acids is 1. The number of rotatable bonds is 6. The van der Waals surface area contributed by atoms with Gasteiger partial charge in [-0.25, -0.2) is 8.42 Å². The van der Waals surface area contributed by atoms with Gasteiger partial charge in [0, 0.05) is 16.1 Å². The van der Waals surface area contributed by atoms with Crippen LogP contribution in [-0.4, -0.2) is 25.7 Å². The molecule has 2 aromatic rings. The largest absolute Gasteiger partial charge is 0.293 e. The molecule has 4 nitrogen and oxygen atoms in total. The fourth-order valence-electron chi connectivity index (χ4n) is 2.23. The van der Waals surface area contributed by atoms with E-state index in [2.05, 4.69) is 22.9 Å². The summed E-state index contributed by atoms with van der Waals surface area (Å²) in [4.78, 5) is 13.7. The molecule has 128 valence electrons. The number of Topliss-reactive ketones (excluding diaryl/α,β-unsaturated/α-hetero) is 1. The summed E-state index contributed by atoms with van der Waals surface area (Å²) in [5.41, 5.74) is 3.33. The molecule has 1 N–H and O–H groups in total. The number of anilines is 1. The van der Waals surface area contributed by atoms with Crippen molar-refractivity contribution in [1.82, 2.24) is 0 Å². The summed E-state index contributed by atoms with van der Waals surface area (Å²) in [6.07, 6.45) is 1.09. The van der Waals surface area contributed by atoms with E-state index >= 15 is 0 Å². The van der Waals surface area contributed by atoms with Gasteiger partial charge in [-0.3, -0.25) is 9.52 Å². The van der Waals surface area contributed by atoms with E-state index in [1.54, 1.807) is 36.0 Å². The molecular formula is C18H21NO3S2. The zero-order valence-electron chi connectivity index (χ0n) is 14.2. The molecule has 1 atom stereocenters. The molecule has 0 radical (unpaired) electrons. The van der Waals surface area contributed by atoms with Crippen LogP contribution < -0.4 is 4.72 Å². The lowest BCUT2D eigenvalue weighted by Crippen LogP contribution is -2.14. The zero-order chi connectivity index (χ0) is 17.9. The van der Waals surface area contributed by atoms with E-state index in [4.69, 9.17) is 0 Å². The number of aryl methyl sites for hydroxylation is 2. The third kappa shape index (κ3) is 5.11. The fraction of sp³-hybridized carbons (Fsp3) is 0.278. The first-order valence-corrected chi connectivity index (χ1v) is 10.3. The Kier molecular flexibility index (Phi) is 5.72. The Bertz CT molecular complexity index is 843. The van der Waals surface area contributed by atoms with Crippen molar-refractivity contribution in [2.45, 2.75) is 30.9 Å². The zero-order valence-corrected chi connectivity index (χ0v) is 15.8. The second-order valence-electron chi connectivity index (χ2n) is 5.84. The number of thioether (sulfide) groups is 1. The van der Waals surface area contributed by atoms with Gasteiger partial charge in [-0.1, -0.05) is 17.7 Å². The maximum Gasteiger partial charge on any atom is 0.229 e. The van der Waals surface area contributed by atoms with Crippen LogP contribution in [0.2, 0.25) is 0 Å². The summed E-state index contributed by atoms with van der Waals surface area (Å²) >= 11 is 1.54. The van der Waals surface area contributed by atoms with Crippen LogP contribution in [0.25, 0.3) is 0 Å². The molecule has 0 spiro atoms. The standard InChI is InChI=1S/C18H21NO3S2/c1-12-5-6-13(2)17(11-12)23-14(3)18(20)15-7-9-16(10-8-15)19-24(4,21)22/h5-11,14,19H,1-4H3/t14-/m1/s1. The number of benzene rings is 2. The van der Waals surface area contributed by atoms with Gasteiger partial charge in [0.05, 0.1) is 11.5 Å². The van der Waals surface area contributed by atoms with Gasteiger partial charge in [-0.05, 0) is 56.7 Å². The molecule has 0 aliphatic carbocycles. The molecule has 0 aliphatic rings. The highest BCUT2D eigenvalue weighted by Crippen LogP contribution is 2.29. The molecular weight excluding hydrogens is 342 g/mol. The van der Waals surface area contributed by atoms with Gasteiger partial charge in [0.15, 0.2) is 5.78 Å². The molecule has 0 unspecified atom stereocenters. The van der Waals surface area contributed by atoms with Crippen LogP contribution in [0.3, 0.4) is 0 Å². The average molecular weight is 364 g/mol. The summed E-state index contributed by atoms with van der Waals surface area (Å²) < 4.78 is 24.8. The van der Waals surface area contributed by atoms with Gasteiger partial charge >= 0.3 is 0 Å². The van der Waals surface area contributed by atoms with E-state index in [0.29, 0.717) is 11.3 Å². The van der Waals surface area contributed by atoms with Gasteiger partial charge in [-0.2, -0.15) is 0 Å². The Morgan fingerprint density at radius 1 is 1.08 bits per heavy atom. The van der Waals surface area contributed by atoms with Crippen LogP contribution >= 0.6 is 11.8 Å². The van der Waals surface area contributed by atoms with Crippen molar-refractivity contribution in [3.8, 4) is 0 Å². The van der Waals surface area contributed by atoms with Crippen LogP contribution in [0.5, 0.6) is 0 Å². The van der Waals surface area contributed by atoms with Crippen LogP contribution in [0.1, 0.15) is 28.4 Å². The lowest BCUT2D eigenvalue weighted by Gasteiger charge is -2.13. The SMILES string of the molecule is Cc1ccc(C)c(S[C@H](C)C(=O)c2ccc(NS(C)(=O)=O)cc2)c1. The van der Waals surface area contributed by atoms with E-state index in [9.17, 15) is 13.2 Å². The minimum absolute atomic E-state index is 0.0202. The average Bonchev–Trinajstić information content (AvgIpc) is 2.49. The summed E-state index contributed by atoms with van der Waals surface area (Å²) in [5.74, 6) is 0.0202. The van der Waals surface area contributed by atoms with Crippen molar-refractivity contribution < 1.29 is 13.2 Å². The first kappa shape index (κ1) is 18.5. The number of sulfonamides is 1. The lowest BCUT2D eigenvalue weighted by molar-refractivity contribution is 0.0994. The van der Waals surface area contributed by atoms with Gasteiger partial charge in [0.25, 0.3) is 0 Å². The molecule has 0 fully saturated rings. The Labute approximate surface area is 147 Å². The number of ketones is 1. The molecule has 24 heavy (non-hydrogen) atoms. The van der Waals surface area contributed by atoms with E-state index < -0.39 is 10.0 Å². The fourth-order valence-corrected chi connectivity index (χ4v) is 3.93. The Balaban J connectivity index is 2.11. The summed E-state index contributed by atoms with van der Waals surface area (Å²) in [7, 11) is -3.32. The maximum absolute atomic E-state index is 12.6. The molecule has 0 amide bonds. The van der Waals surface area contributed by atoms with Crippen molar-refractivity contribution in [1.29, 1.82) is 0 Å². The third-order valence-corrected chi connectivity index (χ3v) is 5.36.